The molecule has 0 saturated carbocycles. The van der Waals surface area contributed by atoms with Crippen LogP contribution in [0.15, 0.2) is 18.2 Å². The highest BCUT2D eigenvalue weighted by Gasteiger charge is 2.13. The van der Waals surface area contributed by atoms with Gasteiger partial charge >= 0.3 is 0 Å². The van der Waals surface area contributed by atoms with Crippen LogP contribution in [0.4, 0.5) is 5.95 Å². The van der Waals surface area contributed by atoms with Crippen LogP contribution in [0.5, 0.6) is 0 Å². The number of nitrogens with one attached hydrogen (secondary N) is 1. The van der Waals surface area contributed by atoms with E-state index in [1.807, 2.05) is 25.1 Å². The van der Waals surface area contributed by atoms with Gasteiger partial charge in [0, 0.05) is 18.0 Å². The molecule has 0 aliphatic rings. The molecule has 1 unspecified atom stereocenters. The minimum absolute atomic E-state index is 0.0571. The Morgan fingerprint density at radius 1 is 1.44 bits per heavy atom. The minimum atomic E-state index is -3.01. The van der Waals surface area contributed by atoms with Crippen LogP contribution < -0.4 is 5.32 Å². The van der Waals surface area contributed by atoms with Crippen molar-refractivity contribution in [1.29, 1.82) is 0 Å². The van der Waals surface area contributed by atoms with E-state index in [-0.39, 0.29) is 11.8 Å². The van der Waals surface area contributed by atoms with Gasteiger partial charge in [0.2, 0.25) is 5.95 Å². The molecule has 0 bridgehead atoms. The van der Waals surface area contributed by atoms with E-state index in [0.29, 0.717) is 5.95 Å². The first-order chi connectivity index (χ1) is 8.35. The molecular formula is C11H16N4O2S. The van der Waals surface area contributed by atoms with Crippen molar-refractivity contribution in [1.82, 2.24) is 14.6 Å². The van der Waals surface area contributed by atoms with Crippen LogP contribution in [0.3, 0.4) is 0 Å². The highest BCUT2D eigenvalue weighted by molar-refractivity contribution is 7.90. The van der Waals surface area contributed by atoms with Crippen molar-refractivity contribution < 1.29 is 8.42 Å². The zero-order chi connectivity index (χ0) is 13.3. The first-order valence-corrected chi connectivity index (χ1v) is 7.68. The van der Waals surface area contributed by atoms with Crippen molar-refractivity contribution in [2.45, 2.75) is 19.9 Å². The summed E-state index contributed by atoms with van der Waals surface area (Å²) in [5.74, 6) is 0.502. The molecule has 98 valence electrons. The lowest BCUT2D eigenvalue weighted by Gasteiger charge is -2.09. The van der Waals surface area contributed by atoms with E-state index >= 15 is 0 Å². The second-order valence-corrected chi connectivity index (χ2v) is 6.70. The van der Waals surface area contributed by atoms with Crippen LogP contribution in [0.25, 0.3) is 5.65 Å². The van der Waals surface area contributed by atoms with Gasteiger partial charge in [-0.25, -0.2) is 12.9 Å². The summed E-state index contributed by atoms with van der Waals surface area (Å²) in [6, 6.07) is 5.47. The third kappa shape index (κ3) is 2.98. The fraction of sp³-hybridized carbons (Fsp3) is 0.455. The number of hydrogen-bond donors (Lipinski definition) is 1. The van der Waals surface area contributed by atoms with E-state index in [2.05, 4.69) is 15.4 Å². The third-order valence-electron chi connectivity index (χ3n) is 2.48. The molecular weight excluding hydrogens is 252 g/mol. The number of aromatic nitrogens is 3. The van der Waals surface area contributed by atoms with Crippen molar-refractivity contribution in [2.24, 2.45) is 0 Å². The average molecular weight is 268 g/mol. The maximum Gasteiger partial charge on any atom is 0.243 e. The number of hydrogen-bond acceptors (Lipinski definition) is 5. The predicted octanol–water partition coefficient (Wildman–Crippen LogP) is 0.883. The van der Waals surface area contributed by atoms with Gasteiger partial charge in [-0.1, -0.05) is 6.07 Å². The molecule has 1 N–H and O–H groups in total. The number of rotatable bonds is 4. The fourth-order valence-corrected chi connectivity index (χ4v) is 2.80. The molecule has 2 heterocycles. The Bertz CT molecular complexity index is 663. The maximum absolute atomic E-state index is 11.2. The molecule has 1 atom stereocenters. The van der Waals surface area contributed by atoms with Crippen LogP contribution in [0.2, 0.25) is 0 Å². The van der Waals surface area contributed by atoms with E-state index in [9.17, 15) is 8.42 Å². The monoisotopic (exact) mass is 268 g/mol. The molecule has 0 aliphatic heterocycles. The Morgan fingerprint density at radius 3 is 2.78 bits per heavy atom. The Balaban J connectivity index is 2.20. The summed E-state index contributed by atoms with van der Waals surface area (Å²) in [6.07, 6.45) is 1.21. The second-order valence-electron chi connectivity index (χ2n) is 4.51. The molecule has 7 heteroatoms. The quantitative estimate of drug-likeness (QED) is 0.891. The maximum atomic E-state index is 11.2. The molecule has 0 spiro atoms. The topological polar surface area (TPSA) is 76.4 Å². The summed E-state index contributed by atoms with van der Waals surface area (Å²) < 4.78 is 24.1. The second kappa shape index (κ2) is 4.56. The molecule has 2 aromatic rings. The van der Waals surface area contributed by atoms with Gasteiger partial charge in [-0.05, 0) is 26.0 Å². The van der Waals surface area contributed by atoms with Gasteiger partial charge in [0.25, 0.3) is 0 Å². The first kappa shape index (κ1) is 12.8. The fourth-order valence-electron chi connectivity index (χ4n) is 1.81. The normalized spacial score (nSPS) is 13.7. The molecule has 0 radical (unpaired) electrons. The van der Waals surface area contributed by atoms with E-state index in [1.54, 1.807) is 11.4 Å². The summed E-state index contributed by atoms with van der Waals surface area (Å²) >= 11 is 0. The summed E-state index contributed by atoms with van der Waals surface area (Å²) in [4.78, 5) is 4.29. The van der Waals surface area contributed by atoms with E-state index < -0.39 is 9.84 Å². The third-order valence-corrected chi connectivity index (χ3v) is 3.58. The van der Waals surface area contributed by atoms with Crippen LogP contribution in [-0.2, 0) is 9.84 Å². The highest BCUT2D eigenvalue weighted by Crippen LogP contribution is 2.09. The molecule has 0 fully saturated rings. The number of nitrogens with zero attached hydrogens (tertiary/aromatic N) is 3. The number of anilines is 1. The zero-order valence-electron chi connectivity index (χ0n) is 10.6. The van der Waals surface area contributed by atoms with E-state index in [1.165, 1.54) is 6.26 Å². The van der Waals surface area contributed by atoms with Crippen molar-refractivity contribution in [3.8, 4) is 0 Å². The zero-order valence-corrected chi connectivity index (χ0v) is 11.4. The van der Waals surface area contributed by atoms with Gasteiger partial charge in [-0.3, -0.25) is 0 Å². The summed E-state index contributed by atoms with van der Waals surface area (Å²) in [6.45, 7) is 3.73. The Morgan fingerprint density at radius 2 is 2.17 bits per heavy atom. The molecule has 18 heavy (non-hydrogen) atoms. The highest BCUT2D eigenvalue weighted by atomic mass is 32.2. The number of sulfone groups is 1. The average Bonchev–Trinajstić information content (AvgIpc) is 2.58. The van der Waals surface area contributed by atoms with E-state index in [0.717, 1.165) is 11.3 Å². The number of pyridine rings is 1. The van der Waals surface area contributed by atoms with E-state index in [4.69, 9.17) is 0 Å². The van der Waals surface area contributed by atoms with Crippen molar-refractivity contribution in [3.05, 3.63) is 23.9 Å². The standard InChI is InChI=1S/C11H16N4O2S/c1-8(7-18(3,16)17)12-11-13-10-6-4-5-9(2)15(10)14-11/h4-6,8H,7H2,1-3H3,(H,12,14). The summed E-state index contributed by atoms with van der Waals surface area (Å²) in [7, 11) is -3.01. The lowest BCUT2D eigenvalue weighted by molar-refractivity contribution is 0.597. The molecule has 0 aromatic carbocycles. The number of aryl methyl sites for hydroxylation is 1. The molecule has 2 aromatic heterocycles. The Kier molecular flexibility index (Phi) is 3.25. The predicted molar refractivity (Wildman–Crippen MR) is 70.5 cm³/mol. The molecule has 0 saturated heterocycles. The molecule has 0 aliphatic carbocycles. The Hall–Kier alpha value is -1.63. The van der Waals surface area contributed by atoms with Gasteiger partial charge in [-0.2, -0.15) is 4.98 Å². The van der Waals surface area contributed by atoms with Crippen LogP contribution in [0, 0.1) is 6.92 Å². The van der Waals surface area contributed by atoms with Gasteiger partial charge in [-0.15, -0.1) is 5.10 Å². The molecule has 6 nitrogen and oxygen atoms in total. The van der Waals surface area contributed by atoms with Crippen LogP contribution in [-0.4, -0.2) is 41.1 Å². The summed E-state index contributed by atoms with van der Waals surface area (Å²) in [5, 5.41) is 7.27. The first-order valence-electron chi connectivity index (χ1n) is 5.62. The summed E-state index contributed by atoms with van der Waals surface area (Å²) in [5.41, 5.74) is 1.72. The van der Waals surface area contributed by atoms with Crippen molar-refractivity contribution in [3.63, 3.8) is 0 Å². The lowest BCUT2D eigenvalue weighted by Crippen LogP contribution is -2.25. The molecule has 0 amide bonds. The SMILES string of the molecule is Cc1cccc2nc(NC(C)CS(C)(=O)=O)nn12. The smallest absolute Gasteiger partial charge is 0.243 e. The largest absolute Gasteiger partial charge is 0.349 e. The van der Waals surface area contributed by atoms with Gasteiger partial charge in [0.1, 0.15) is 9.84 Å². The van der Waals surface area contributed by atoms with Crippen molar-refractivity contribution >= 4 is 21.4 Å². The van der Waals surface area contributed by atoms with Crippen LogP contribution in [0.1, 0.15) is 12.6 Å². The van der Waals surface area contributed by atoms with Gasteiger partial charge in [0.05, 0.1) is 5.75 Å². The minimum Gasteiger partial charge on any atom is -0.349 e. The Labute approximate surface area is 106 Å². The van der Waals surface area contributed by atoms with Gasteiger partial charge < -0.3 is 5.32 Å². The van der Waals surface area contributed by atoms with Crippen LogP contribution >= 0.6 is 0 Å². The van der Waals surface area contributed by atoms with Gasteiger partial charge in [0.15, 0.2) is 5.65 Å². The lowest BCUT2D eigenvalue weighted by atomic mass is 10.4. The number of fused-ring (bicyclic) bond motifs is 1. The molecule has 2 rings (SSSR count). The van der Waals surface area contributed by atoms with Crippen molar-refractivity contribution in [2.75, 3.05) is 17.3 Å².